The highest BCUT2D eigenvalue weighted by Gasteiger charge is 2.23. The zero-order valence-electron chi connectivity index (χ0n) is 17.9. The fraction of sp³-hybridized carbons (Fsp3) is 0.417. The van der Waals surface area contributed by atoms with Crippen molar-refractivity contribution in [3.8, 4) is 17.2 Å². The van der Waals surface area contributed by atoms with Gasteiger partial charge in [0.15, 0.2) is 6.61 Å². The fourth-order valence-corrected chi connectivity index (χ4v) is 2.93. The summed E-state index contributed by atoms with van der Waals surface area (Å²) in [6, 6.07) is 15.3. The van der Waals surface area contributed by atoms with Gasteiger partial charge in [0.25, 0.3) is 5.91 Å². The van der Waals surface area contributed by atoms with Gasteiger partial charge in [0.1, 0.15) is 17.2 Å². The van der Waals surface area contributed by atoms with Crippen molar-refractivity contribution in [2.24, 2.45) is 0 Å². The molecule has 0 unspecified atom stereocenters. The third-order valence-corrected chi connectivity index (χ3v) is 4.85. The minimum absolute atomic E-state index is 0.0139. The lowest BCUT2D eigenvalue weighted by molar-refractivity contribution is -0.123. The molecular formula is C24H30N2O5. The minimum atomic E-state index is -0.0799. The average Bonchev–Trinajstić information content (AvgIpc) is 3.60. The Morgan fingerprint density at radius 2 is 1.55 bits per heavy atom. The number of hydrogen-bond donors (Lipinski definition) is 2. The molecule has 0 spiro atoms. The number of carbonyl (C=O) groups is 2. The Kier molecular flexibility index (Phi) is 8.58. The number of ether oxygens (including phenoxy) is 3. The van der Waals surface area contributed by atoms with E-state index in [-0.39, 0.29) is 18.4 Å². The largest absolute Gasteiger partial charge is 0.497 e. The maximum atomic E-state index is 12.0. The first-order valence-electron chi connectivity index (χ1n) is 10.7. The van der Waals surface area contributed by atoms with E-state index in [1.165, 1.54) is 0 Å². The van der Waals surface area contributed by atoms with Crippen LogP contribution in [0.5, 0.6) is 17.2 Å². The fourth-order valence-electron chi connectivity index (χ4n) is 2.93. The number of hydrogen-bond acceptors (Lipinski definition) is 5. The summed E-state index contributed by atoms with van der Waals surface area (Å²) in [4.78, 5) is 23.6. The Hall–Kier alpha value is -3.22. The van der Waals surface area contributed by atoms with Crippen LogP contribution in [0.1, 0.15) is 31.2 Å². The van der Waals surface area contributed by atoms with Crippen molar-refractivity contribution in [3.63, 3.8) is 0 Å². The molecule has 0 bridgehead atoms. The predicted octanol–water partition coefficient (Wildman–Crippen LogP) is 2.87. The van der Waals surface area contributed by atoms with Crippen LogP contribution < -0.4 is 24.8 Å². The first-order chi connectivity index (χ1) is 15.1. The molecule has 0 aromatic heterocycles. The van der Waals surface area contributed by atoms with E-state index >= 15 is 0 Å². The maximum Gasteiger partial charge on any atom is 0.258 e. The van der Waals surface area contributed by atoms with Crippen LogP contribution in [0.4, 0.5) is 0 Å². The third-order valence-electron chi connectivity index (χ3n) is 4.85. The number of rotatable bonds is 13. The van der Waals surface area contributed by atoms with Crippen LogP contribution in [0.25, 0.3) is 0 Å². The summed E-state index contributed by atoms with van der Waals surface area (Å²) in [6.45, 7) is 1.09. The Balaban J connectivity index is 1.24. The van der Waals surface area contributed by atoms with Crippen LogP contribution in [0.15, 0.2) is 48.5 Å². The van der Waals surface area contributed by atoms with Gasteiger partial charge in [-0.25, -0.2) is 0 Å². The van der Waals surface area contributed by atoms with E-state index in [2.05, 4.69) is 10.6 Å². The van der Waals surface area contributed by atoms with Gasteiger partial charge in [-0.3, -0.25) is 9.59 Å². The molecule has 0 heterocycles. The monoisotopic (exact) mass is 426 g/mol. The van der Waals surface area contributed by atoms with Crippen molar-refractivity contribution < 1.29 is 23.8 Å². The van der Waals surface area contributed by atoms with Gasteiger partial charge in [0, 0.05) is 19.0 Å². The summed E-state index contributed by atoms with van der Waals surface area (Å²) < 4.78 is 16.2. The lowest BCUT2D eigenvalue weighted by Crippen LogP contribution is -2.30. The highest BCUT2D eigenvalue weighted by atomic mass is 16.5. The molecule has 2 amide bonds. The molecule has 166 valence electrons. The molecule has 1 fully saturated rings. The van der Waals surface area contributed by atoms with E-state index < -0.39 is 0 Å². The lowest BCUT2D eigenvalue weighted by atomic mass is 10.1. The molecule has 31 heavy (non-hydrogen) atoms. The second-order valence-corrected chi connectivity index (χ2v) is 7.50. The van der Waals surface area contributed by atoms with E-state index in [9.17, 15) is 9.59 Å². The second-order valence-electron chi connectivity index (χ2n) is 7.50. The molecule has 3 rings (SSSR count). The standard InChI is InChI=1S/C24H30N2O5/c1-29-20-10-12-21(13-11-20)30-16-2-3-23(27)25-15-14-18-4-8-22(9-5-18)31-17-24(28)26-19-6-7-19/h4-5,8-13,19H,2-3,6-7,14-17H2,1H3,(H,25,27)(H,26,28). The average molecular weight is 427 g/mol. The Bertz CT molecular complexity index is 832. The highest BCUT2D eigenvalue weighted by Crippen LogP contribution is 2.19. The maximum absolute atomic E-state index is 12.0. The minimum Gasteiger partial charge on any atom is -0.497 e. The highest BCUT2D eigenvalue weighted by molar-refractivity contribution is 5.78. The van der Waals surface area contributed by atoms with Gasteiger partial charge in [0.2, 0.25) is 5.91 Å². The SMILES string of the molecule is COc1ccc(OCCCC(=O)NCCc2ccc(OCC(=O)NC3CC3)cc2)cc1. The summed E-state index contributed by atoms with van der Waals surface area (Å²) in [7, 11) is 1.62. The molecule has 1 aliphatic carbocycles. The summed E-state index contributed by atoms with van der Waals surface area (Å²) in [6.07, 6.45) is 3.93. The van der Waals surface area contributed by atoms with E-state index in [4.69, 9.17) is 14.2 Å². The van der Waals surface area contributed by atoms with Crippen molar-refractivity contribution in [2.75, 3.05) is 26.9 Å². The van der Waals surface area contributed by atoms with Gasteiger partial charge < -0.3 is 24.8 Å². The lowest BCUT2D eigenvalue weighted by Gasteiger charge is -2.09. The smallest absolute Gasteiger partial charge is 0.258 e. The summed E-state index contributed by atoms with van der Waals surface area (Å²) in [5.41, 5.74) is 1.10. The molecular weight excluding hydrogens is 396 g/mol. The molecule has 1 saturated carbocycles. The number of amides is 2. The van der Waals surface area contributed by atoms with Crippen LogP contribution >= 0.6 is 0 Å². The summed E-state index contributed by atoms with van der Waals surface area (Å²) >= 11 is 0. The van der Waals surface area contributed by atoms with Crippen molar-refractivity contribution in [3.05, 3.63) is 54.1 Å². The molecule has 7 heteroatoms. The molecule has 2 aromatic rings. The molecule has 2 aromatic carbocycles. The van der Waals surface area contributed by atoms with Crippen molar-refractivity contribution in [1.29, 1.82) is 0 Å². The topological polar surface area (TPSA) is 85.9 Å². The van der Waals surface area contributed by atoms with Gasteiger partial charge in [-0.05, 0) is 67.6 Å². The van der Waals surface area contributed by atoms with E-state index in [0.29, 0.717) is 37.8 Å². The van der Waals surface area contributed by atoms with Crippen LogP contribution in [0.3, 0.4) is 0 Å². The van der Waals surface area contributed by atoms with Crippen LogP contribution in [-0.2, 0) is 16.0 Å². The Labute approximate surface area is 183 Å². The molecule has 2 N–H and O–H groups in total. The first kappa shape index (κ1) is 22.5. The number of nitrogens with one attached hydrogen (secondary N) is 2. The molecule has 1 aliphatic rings. The van der Waals surface area contributed by atoms with Crippen LogP contribution in [0, 0.1) is 0 Å². The number of benzene rings is 2. The van der Waals surface area contributed by atoms with Gasteiger partial charge in [-0.2, -0.15) is 0 Å². The number of methoxy groups -OCH3 is 1. The quantitative estimate of drug-likeness (QED) is 0.481. The Morgan fingerprint density at radius 3 is 2.23 bits per heavy atom. The molecule has 0 saturated heterocycles. The molecule has 7 nitrogen and oxygen atoms in total. The normalized spacial score (nSPS) is 12.7. The van der Waals surface area contributed by atoms with Gasteiger partial charge >= 0.3 is 0 Å². The summed E-state index contributed by atoms with van der Waals surface area (Å²) in [5, 5.41) is 5.82. The summed E-state index contributed by atoms with van der Waals surface area (Å²) in [5.74, 6) is 2.14. The van der Waals surface area contributed by atoms with Crippen molar-refractivity contribution in [2.45, 2.75) is 38.1 Å². The second kappa shape index (κ2) is 11.8. The van der Waals surface area contributed by atoms with Crippen molar-refractivity contribution >= 4 is 11.8 Å². The zero-order chi connectivity index (χ0) is 21.9. The van der Waals surface area contributed by atoms with Crippen LogP contribution in [0.2, 0.25) is 0 Å². The van der Waals surface area contributed by atoms with E-state index in [1.54, 1.807) is 7.11 Å². The van der Waals surface area contributed by atoms with E-state index in [0.717, 1.165) is 36.3 Å². The molecule has 0 aliphatic heterocycles. The Morgan fingerprint density at radius 1 is 0.903 bits per heavy atom. The van der Waals surface area contributed by atoms with Gasteiger partial charge in [0.05, 0.1) is 13.7 Å². The van der Waals surface area contributed by atoms with Crippen LogP contribution in [-0.4, -0.2) is 44.7 Å². The van der Waals surface area contributed by atoms with Crippen molar-refractivity contribution in [1.82, 2.24) is 10.6 Å². The van der Waals surface area contributed by atoms with E-state index in [1.807, 2.05) is 48.5 Å². The predicted molar refractivity (Wildman–Crippen MR) is 118 cm³/mol. The van der Waals surface area contributed by atoms with Gasteiger partial charge in [-0.1, -0.05) is 12.1 Å². The third kappa shape index (κ3) is 8.58. The first-order valence-corrected chi connectivity index (χ1v) is 10.7. The molecule has 0 atom stereocenters. The van der Waals surface area contributed by atoms with Gasteiger partial charge in [-0.15, -0.1) is 0 Å². The zero-order valence-corrected chi connectivity index (χ0v) is 17.9. The number of carbonyl (C=O) groups excluding carboxylic acids is 2. The molecule has 0 radical (unpaired) electrons.